The molecule has 1 aromatic heterocycles. The Morgan fingerprint density at radius 2 is 2.10 bits per heavy atom. The molecule has 1 N–H and O–H groups in total. The lowest BCUT2D eigenvalue weighted by Gasteiger charge is -2.23. The van der Waals surface area contributed by atoms with Crippen LogP contribution in [0.2, 0.25) is 0 Å². The Morgan fingerprint density at radius 3 is 2.67 bits per heavy atom. The lowest BCUT2D eigenvalue weighted by atomic mass is 10.1. The van der Waals surface area contributed by atoms with Crippen LogP contribution in [0.1, 0.15) is 22.0 Å². The summed E-state index contributed by atoms with van der Waals surface area (Å²) in [5.74, 6) is 0.948. The van der Waals surface area contributed by atoms with Gasteiger partial charge in [-0.2, -0.15) is 0 Å². The van der Waals surface area contributed by atoms with Crippen LogP contribution < -0.4 is 10.1 Å². The van der Waals surface area contributed by atoms with Crippen molar-refractivity contribution in [1.82, 2.24) is 10.2 Å². The van der Waals surface area contributed by atoms with Gasteiger partial charge in [0.15, 0.2) is 0 Å². The second-order valence-electron chi connectivity index (χ2n) is 5.43. The van der Waals surface area contributed by atoms with Gasteiger partial charge in [-0.15, -0.1) is 11.3 Å². The first-order chi connectivity index (χ1) is 10.1. The van der Waals surface area contributed by atoms with Crippen LogP contribution >= 0.6 is 11.3 Å². The number of thiophene rings is 1. The molecule has 2 rings (SSSR count). The maximum Gasteiger partial charge on any atom is 0.121 e. The summed E-state index contributed by atoms with van der Waals surface area (Å²) in [6, 6.07) is 11.1. The molecular weight excluding hydrogens is 280 g/mol. The fourth-order valence-corrected chi connectivity index (χ4v) is 3.34. The topological polar surface area (TPSA) is 24.5 Å². The Bertz CT molecular complexity index is 552. The maximum absolute atomic E-state index is 5.30. The number of ether oxygens (including phenoxy) is 1. The molecule has 21 heavy (non-hydrogen) atoms. The molecule has 0 saturated heterocycles. The van der Waals surface area contributed by atoms with Gasteiger partial charge < -0.3 is 15.0 Å². The molecule has 0 bridgehead atoms. The van der Waals surface area contributed by atoms with E-state index in [9.17, 15) is 0 Å². The summed E-state index contributed by atoms with van der Waals surface area (Å²) in [5, 5.41) is 5.70. The number of hydrogen-bond acceptors (Lipinski definition) is 4. The van der Waals surface area contributed by atoms with Crippen LogP contribution in [-0.4, -0.2) is 32.6 Å². The van der Waals surface area contributed by atoms with E-state index in [1.165, 1.54) is 16.0 Å². The average molecular weight is 304 g/mol. The summed E-state index contributed by atoms with van der Waals surface area (Å²) in [6.45, 7) is 3.90. The molecule has 2 aromatic rings. The van der Waals surface area contributed by atoms with Crippen LogP contribution in [0.4, 0.5) is 0 Å². The molecule has 4 heteroatoms. The minimum Gasteiger partial charge on any atom is -0.496 e. The number of methoxy groups -OCH3 is 1. The molecule has 1 heterocycles. The highest BCUT2D eigenvalue weighted by Crippen LogP contribution is 2.23. The third-order valence-corrected chi connectivity index (χ3v) is 4.59. The second kappa shape index (κ2) is 7.59. The Labute approximate surface area is 131 Å². The summed E-state index contributed by atoms with van der Waals surface area (Å²) >= 11 is 1.81. The number of hydrogen-bond donors (Lipinski definition) is 1. The number of aryl methyl sites for hydroxylation is 1. The van der Waals surface area contributed by atoms with Gasteiger partial charge in [0, 0.05) is 18.0 Å². The molecule has 0 spiro atoms. The second-order valence-corrected chi connectivity index (χ2v) is 6.41. The zero-order valence-electron chi connectivity index (χ0n) is 13.2. The molecule has 0 radical (unpaired) electrons. The quantitative estimate of drug-likeness (QED) is 0.848. The van der Waals surface area contributed by atoms with Crippen molar-refractivity contribution in [3.05, 3.63) is 51.7 Å². The summed E-state index contributed by atoms with van der Waals surface area (Å²) in [4.78, 5) is 3.66. The predicted octanol–water partition coefficient (Wildman–Crippen LogP) is 3.46. The fourth-order valence-electron chi connectivity index (χ4n) is 2.42. The van der Waals surface area contributed by atoms with E-state index in [2.05, 4.69) is 60.9 Å². The molecule has 1 aromatic carbocycles. The third-order valence-electron chi connectivity index (χ3n) is 3.62. The molecule has 0 aliphatic carbocycles. The minimum absolute atomic E-state index is 0.421. The molecule has 0 amide bonds. The molecular formula is C17H24N2OS. The number of nitrogens with one attached hydrogen (secondary N) is 1. The van der Waals surface area contributed by atoms with Crippen molar-refractivity contribution in [3.8, 4) is 5.75 Å². The predicted molar refractivity (Wildman–Crippen MR) is 90.2 cm³/mol. The Morgan fingerprint density at radius 1 is 1.29 bits per heavy atom. The van der Waals surface area contributed by atoms with E-state index >= 15 is 0 Å². The Kier molecular flexibility index (Phi) is 5.79. The van der Waals surface area contributed by atoms with Crippen LogP contribution in [0.3, 0.4) is 0 Å². The summed E-state index contributed by atoms with van der Waals surface area (Å²) in [6.07, 6.45) is 0. The molecule has 0 saturated carbocycles. The first kappa shape index (κ1) is 16.0. The van der Waals surface area contributed by atoms with E-state index in [1.54, 1.807) is 7.11 Å². The number of rotatable bonds is 7. The van der Waals surface area contributed by atoms with Crippen molar-refractivity contribution in [3.63, 3.8) is 0 Å². The lowest BCUT2D eigenvalue weighted by molar-refractivity contribution is 0.292. The van der Waals surface area contributed by atoms with E-state index in [-0.39, 0.29) is 0 Å². The van der Waals surface area contributed by atoms with Crippen molar-refractivity contribution >= 4 is 11.3 Å². The summed E-state index contributed by atoms with van der Waals surface area (Å²) in [5.41, 5.74) is 2.47. The largest absolute Gasteiger partial charge is 0.496 e. The van der Waals surface area contributed by atoms with Gasteiger partial charge in [-0.3, -0.25) is 0 Å². The molecule has 1 unspecified atom stereocenters. The highest BCUT2D eigenvalue weighted by atomic mass is 32.1. The van der Waals surface area contributed by atoms with Gasteiger partial charge in [0.25, 0.3) is 0 Å². The molecule has 0 aliphatic rings. The molecule has 0 aliphatic heterocycles. The van der Waals surface area contributed by atoms with Gasteiger partial charge in [0.1, 0.15) is 5.75 Å². The van der Waals surface area contributed by atoms with Crippen LogP contribution in [0.5, 0.6) is 5.75 Å². The van der Waals surface area contributed by atoms with Crippen LogP contribution in [-0.2, 0) is 6.54 Å². The Hall–Kier alpha value is -1.36. The van der Waals surface area contributed by atoms with Crippen molar-refractivity contribution in [2.24, 2.45) is 0 Å². The average Bonchev–Trinajstić information content (AvgIpc) is 2.97. The molecule has 0 fully saturated rings. The van der Waals surface area contributed by atoms with Gasteiger partial charge in [-0.05, 0) is 49.7 Å². The summed E-state index contributed by atoms with van der Waals surface area (Å²) in [7, 11) is 5.97. The van der Waals surface area contributed by atoms with Crippen LogP contribution in [0.15, 0.2) is 35.7 Å². The van der Waals surface area contributed by atoms with Crippen molar-refractivity contribution < 1.29 is 4.74 Å². The normalized spacial score (nSPS) is 12.6. The zero-order chi connectivity index (χ0) is 15.2. The van der Waals surface area contributed by atoms with Crippen molar-refractivity contribution in [2.45, 2.75) is 19.5 Å². The van der Waals surface area contributed by atoms with Crippen molar-refractivity contribution in [1.29, 1.82) is 0 Å². The smallest absolute Gasteiger partial charge is 0.121 e. The zero-order valence-corrected chi connectivity index (χ0v) is 14.0. The number of likely N-dealkylation sites (N-methyl/N-ethyl adjacent to an activating group) is 1. The standard InChI is InChI=1S/C17H24N2OS/c1-13-10-14(7-8-16(13)20-4)11-18-12-15(19(2)3)17-6-5-9-21-17/h5-10,15,18H,11-12H2,1-4H3. The maximum atomic E-state index is 5.30. The highest BCUT2D eigenvalue weighted by molar-refractivity contribution is 7.10. The minimum atomic E-state index is 0.421. The van der Waals surface area contributed by atoms with E-state index in [1.807, 2.05) is 17.4 Å². The van der Waals surface area contributed by atoms with Crippen LogP contribution in [0.25, 0.3) is 0 Å². The third kappa shape index (κ3) is 4.30. The number of benzene rings is 1. The number of nitrogens with zero attached hydrogens (tertiary/aromatic N) is 1. The van der Waals surface area contributed by atoms with Crippen molar-refractivity contribution in [2.75, 3.05) is 27.7 Å². The first-order valence-corrected chi connectivity index (χ1v) is 8.04. The van der Waals surface area contributed by atoms with E-state index < -0.39 is 0 Å². The monoisotopic (exact) mass is 304 g/mol. The van der Waals surface area contributed by atoms with Gasteiger partial charge >= 0.3 is 0 Å². The fraction of sp³-hybridized carbons (Fsp3) is 0.412. The molecule has 114 valence electrons. The molecule has 3 nitrogen and oxygen atoms in total. The van der Waals surface area contributed by atoms with Crippen LogP contribution in [0, 0.1) is 6.92 Å². The highest BCUT2D eigenvalue weighted by Gasteiger charge is 2.14. The molecule has 1 atom stereocenters. The van der Waals surface area contributed by atoms with Gasteiger partial charge in [-0.25, -0.2) is 0 Å². The van der Waals surface area contributed by atoms with E-state index in [0.29, 0.717) is 6.04 Å². The van der Waals surface area contributed by atoms with Gasteiger partial charge in [-0.1, -0.05) is 18.2 Å². The summed E-state index contributed by atoms with van der Waals surface area (Å²) < 4.78 is 5.30. The lowest BCUT2D eigenvalue weighted by Crippen LogP contribution is -2.30. The van der Waals surface area contributed by atoms with Gasteiger partial charge in [0.05, 0.1) is 13.2 Å². The van der Waals surface area contributed by atoms with E-state index in [4.69, 9.17) is 4.74 Å². The first-order valence-electron chi connectivity index (χ1n) is 7.16. The Balaban J connectivity index is 1.92. The SMILES string of the molecule is COc1ccc(CNCC(c2cccs2)N(C)C)cc1C. The van der Waals surface area contributed by atoms with E-state index in [0.717, 1.165) is 18.8 Å². The van der Waals surface area contributed by atoms with Gasteiger partial charge in [0.2, 0.25) is 0 Å².